The van der Waals surface area contributed by atoms with Crippen molar-refractivity contribution < 1.29 is 24.8 Å². The largest absolute Gasteiger partial charge is 0.394 e. The second kappa shape index (κ2) is 19.9. The Kier molecular flexibility index (Phi) is 18.8. The number of unbranched alkanes of at least 4 members (excludes halogenated alkanes) is 5. The first-order chi connectivity index (χ1) is 12.7. The van der Waals surface area contributed by atoms with Gasteiger partial charge in [-0.05, 0) is 38.5 Å². The number of carbonyl (C=O) groups is 1. The Hall–Kier alpha value is -1.43. The van der Waals surface area contributed by atoms with E-state index in [0.29, 0.717) is 6.42 Å². The maximum Gasteiger partial charge on any atom is 0.342 e. The van der Waals surface area contributed by atoms with E-state index in [1.165, 1.54) is 6.42 Å². The molecule has 1 unspecified atom stereocenters. The number of aliphatic hydroxyl groups is 2. The summed E-state index contributed by atoms with van der Waals surface area (Å²) in [5, 5.41) is 17.6. The molecular formula is C21H36O5. The second-order valence-electron chi connectivity index (χ2n) is 6.18. The molecule has 0 saturated heterocycles. The van der Waals surface area contributed by atoms with Crippen LogP contribution < -0.4 is 0 Å². The van der Waals surface area contributed by atoms with Crippen LogP contribution in [0.5, 0.6) is 0 Å². The number of hydrogen-bond acceptors (Lipinski definition) is 5. The molecule has 0 aromatic carbocycles. The van der Waals surface area contributed by atoms with E-state index < -0.39 is 18.7 Å². The van der Waals surface area contributed by atoms with Crippen molar-refractivity contribution in [3.8, 4) is 0 Å². The van der Waals surface area contributed by atoms with Crippen molar-refractivity contribution >= 4 is 5.97 Å². The molecule has 0 fully saturated rings. The number of rotatable bonds is 17. The highest BCUT2D eigenvalue weighted by Gasteiger charge is 2.07. The third kappa shape index (κ3) is 18.9. The van der Waals surface area contributed by atoms with E-state index >= 15 is 0 Å². The van der Waals surface area contributed by atoms with E-state index in [1.807, 2.05) is 0 Å². The highest BCUT2D eigenvalue weighted by atomic mass is 17.2. The number of allylic oxidation sites excluding steroid dienone is 6. The van der Waals surface area contributed by atoms with Gasteiger partial charge in [0.1, 0.15) is 12.7 Å². The van der Waals surface area contributed by atoms with Gasteiger partial charge in [0.15, 0.2) is 0 Å². The quantitative estimate of drug-likeness (QED) is 0.172. The van der Waals surface area contributed by atoms with Crippen LogP contribution in [0.15, 0.2) is 36.5 Å². The second-order valence-corrected chi connectivity index (χ2v) is 6.18. The smallest absolute Gasteiger partial charge is 0.342 e. The molecule has 26 heavy (non-hydrogen) atoms. The summed E-state index contributed by atoms with van der Waals surface area (Å²) in [6.07, 6.45) is 21.9. The first-order valence-electron chi connectivity index (χ1n) is 9.76. The zero-order chi connectivity index (χ0) is 19.3. The molecular weight excluding hydrogens is 332 g/mol. The Morgan fingerprint density at radius 1 is 0.923 bits per heavy atom. The van der Waals surface area contributed by atoms with Gasteiger partial charge in [0, 0.05) is 6.42 Å². The number of hydrogen-bond donors (Lipinski definition) is 2. The molecule has 0 heterocycles. The van der Waals surface area contributed by atoms with E-state index in [9.17, 15) is 4.79 Å². The lowest BCUT2D eigenvalue weighted by Gasteiger charge is -2.06. The Labute approximate surface area is 158 Å². The molecule has 0 saturated carbocycles. The molecule has 0 aromatic rings. The van der Waals surface area contributed by atoms with Crippen LogP contribution in [0.4, 0.5) is 0 Å². The fourth-order valence-corrected chi connectivity index (χ4v) is 2.16. The van der Waals surface area contributed by atoms with E-state index in [2.05, 4.69) is 53.2 Å². The number of carbonyl (C=O) groups excluding carboxylic acids is 1. The lowest BCUT2D eigenvalue weighted by atomic mass is 10.1. The van der Waals surface area contributed by atoms with Crippen LogP contribution in [0.3, 0.4) is 0 Å². The van der Waals surface area contributed by atoms with Gasteiger partial charge in [-0.15, -0.1) is 0 Å². The average molecular weight is 369 g/mol. The van der Waals surface area contributed by atoms with Crippen molar-refractivity contribution in [3.63, 3.8) is 0 Å². The first kappa shape index (κ1) is 24.6. The Bertz CT molecular complexity index is 401. The fraction of sp³-hybridized carbons (Fsp3) is 0.667. The SMILES string of the molecule is CC/C=C\C/C=C\C/C=C\CCCCCCCC(=O)OOCC(O)CO. The molecule has 5 heteroatoms. The molecule has 2 N–H and O–H groups in total. The van der Waals surface area contributed by atoms with Crippen LogP contribution in [0, 0.1) is 0 Å². The molecule has 1 atom stereocenters. The fourth-order valence-electron chi connectivity index (χ4n) is 2.16. The summed E-state index contributed by atoms with van der Waals surface area (Å²) < 4.78 is 0. The van der Waals surface area contributed by atoms with E-state index in [1.54, 1.807) is 0 Å². The van der Waals surface area contributed by atoms with Crippen molar-refractivity contribution in [1.29, 1.82) is 0 Å². The highest BCUT2D eigenvalue weighted by molar-refractivity contribution is 5.68. The van der Waals surface area contributed by atoms with Gasteiger partial charge in [0.25, 0.3) is 0 Å². The predicted molar refractivity (Wildman–Crippen MR) is 104 cm³/mol. The maximum absolute atomic E-state index is 11.3. The van der Waals surface area contributed by atoms with Crippen LogP contribution in [0.1, 0.15) is 71.1 Å². The zero-order valence-electron chi connectivity index (χ0n) is 16.1. The molecule has 0 aromatic heterocycles. The van der Waals surface area contributed by atoms with Crippen molar-refractivity contribution in [1.82, 2.24) is 0 Å². The van der Waals surface area contributed by atoms with Gasteiger partial charge in [-0.2, -0.15) is 4.89 Å². The van der Waals surface area contributed by atoms with E-state index in [-0.39, 0.29) is 6.61 Å². The summed E-state index contributed by atoms with van der Waals surface area (Å²) in [4.78, 5) is 20.4. The molecule has 0 aliphatic heterocycles. The van der Waals surface area contributed by atoms with Crippen molar-refractivity contribution in [3.05, 3.63) is 36.5 Å². The van der Waals surface area contributed by atoms with Crippen molar-refractivity contribution in [2.45, 2.75) is 77.2 Å². The van der Waals surface area contributed by atoms with Crippen LogP contribution in [0.25, 0.3) is 0 Å². The lowest BCUT2D eigenvalue weighted by Crippen LogP contribution is -2.20. The summed E-state index contributed by atoms with van der Waals surface area (Å²) in [5.74, 6) is -0.434. The molecule has 150 valence electrons. The first-order valence-corrected chi connectivity index (χ1v) is 9.76. The van der Waals surface area contributed by atoms with Gasteiger partial charge in [-0.3, -0.25) is 4.89 Å². The third-order valence-electron chi connectivity index (χ3n) is 3.65. The minimum atomic E-state index is -1.02. The van der Waals surface area contributed by atoms with Crippen LogP contribution in [0.2, 0.25) is 0 Å². The summed E-state index contributed by atoms with van der Waals surface area (Å²) in [6, 6.07) is 0. The standard InChI is InChI=1S/C21H36O5/c1-2-3-4-5-6-7-8-9-10-11-12-13-14-15-16-17-21(24)26-25-19-20(23)18-22/h3-4,6-7,9-10,20,22-23H,2,5,8,11-19H2,1H3/b4-3-,7-6-,10-9-. The Morgan fingerprint density at radius 3 is 2.23 bits per heavy atom. The average Bonchev–Trinajstić information content (AvgIpc) is 2.64. The van der Waals surface area contributed by atoms with E-state index in [0.717, 1.165) is 51.4 Å². The summed E-state index contributed by atoms with van der Waals surface area (Å²) >= 11 is 0. The van der Waals surface area contributed by atoms with Crippen molar-refractivity contribution in [2.24, 2.45) is 0 Å². The van der Waals surface area contributed by atoms with Crippen molar-refractivity contribution in [2.75, 3.05) is 13.2 Å². The molecule has 0 bridgehead atoms. The zero-order valence-corrected chi connectivity index (χ0v) is 16.1. The van der Waals surface area contributed by atoms with Gasteiger partial charge in [0.05, 0.1) is 6.61 Å². The summed E-state index contributed by atoms with van der Waals surface area (Å²) in [7, 11) is 0. The Morgan fingerprint density at radius 2 is 1.54 bits per heavy atom. The van der Waals surface area contributed by atoms with Crippen LogP contribution >= 0.6 is 0 Å². The summed E-state index contributed by atoms with van der Waals surface area (Å²) in [5.41, 5.74) is 0. The molecule has 0 spiro atoms. The molecule has 5 nitrogen and oxygen atoms in total. The Balaban J connectivity index is 3.34. The maximum atomic E-state index is 11.3. The minimum Gasteiger partial charge on any atom is -0.394 e. The molecule has 0 rings (SSSR count). The number of aliphatic hydroxyl groups excluding tert-OH is 2. The van der Waals surface area contributed by atoms with E-state index in [4.69, 9.17) is 10.2 Å². The topological polar surface area (TPSA) is 76.0 Å². The monoisotopic (exact) mass is 368 g/mol. The van der Waals surface area contributed by atoms with Gasteiger partial charge < -0.3 is 10.2 Å². The molecule has 0 amide bonds. The molecule has 0 aliphatic rings. The highest BCUT2D eigenvalue weighted by Crippen LogP contribution is 2.08. The van der Waals surface area contributed by atoms with Crippen LogP contribution in [-0.2, 0) is 14.6 Å². The van der Waals surface area contributed by atoms with Gasteiger partial charge >= 0.3 is 5.97 Å². The van der Waals surface area contributed by atoms with Crippen LogP contribution in [-0.4, -0.2) is 35.5 Å². The van der Waals surface area contributed by atoms with Gasteiger partial charge in [0.2, 0.25) is 0 Å². The minimum absolute atomic E-state index is 0.207. The van der Waals surface area contributed by atoms with Gasteiger partial charge in [-0.1, -0.05) is 62.6 Å². The molecule has 0 radical (unpaired) electrons. The van der Waals surface area contributed by atoms with Gasteiger partial charge in [-0.25, -0.2) is 4.79 Å². The summed E-state index contributed by atoms with van der Waals surface area (Å²) in [6.45, 7) is 1.52. The third-order valence-corrected chi connectivity index (χ3v) is 3.65. The predicted octanol–water partition coefficient (Wildman–Crippen LogP) is 4.40. The lowest BCUT2D eigenvalue weighted by molar-refractivity contribution is -0.282. The normalized spacial score (nSPS) is 13.2. The molecule has 0 aliphatic carbocycles.